The van der Waals surface area contributed by atoms with Gasteiger partial charge in [0.1, 0.15) is 5.75 Å². The highest BCUT2D eigenvalue weighted by molar-refractivity contribution is 5.87. The molecule has 1 aliphatic heterocycles. The predicted molar refractivity (Wildman–Crippen MR) is 94.0 cm³/mol. The molecule has 0 saturated heterocycles. The Kier molecular flexibility index (Phi) is 5.03. The number of benzene rings is 2. The van der Waals surface area contributed by atoms with Crippen molar-refractivity contribution in [1.29, 1.82) is 0 Å². The third-order valence-corrected chi connectivity index (χ3v) is 4.57. The van der Waals surface area contributed by atoms with Gasteiger partial charge in [0.2, 0.25) is 5.91 Å². The second-order valence-corrected chi connectivity index (χ2v) is 6.31. The number of aromatic carboxylic acids is 1. The van der Waals surface area contributed by atoms with Crippen LogP contribution in [-0.2, 0) is 11.2 Å². The Hall–Kier alpha value is -2.82. The van der Waals surface area contributed by atoms with Crippen LogP contribution in [0.3, 0.4) is 0 Å². The monoisotopic (exact) mass is 339 g/mol. The molecule has 0 radical (unpaired) electrons. The minimum Gasteiger partial charge on any atom is -0.493 e. The molecule has 1 heterocycles. The molecule has 25 heavy (non-hydrogen) atoms. The quantitative estimate of drug-likeness (QED) is 0.848. The van der Waals surface area contributed by atoms with Crippen molar-refractivity contribution in [3.63, 3.8) is 0 Å². The smallest absolute Gasteiger partial charge is 0.335 e. The predicted octanol–water partition coefficient (Wildman–Crippen LogP) is 3.00. The van der Waals surface area contributed by atoms with E-state index >= 15 is 0 Å². The Morgan fingerprint density at radius 1 is 1.20 bits per heavy atom. The number of para-hydroxylation sites is 1. The second-order valence-electron chi connectivity index (χ2n) is 6.31. The summed E-state index contributed by atoms with van der Waals surface area (Å²) in [5, 5.41) is 11.9. The molecule has 0 aliphatic carbocycles. The fraction of sp³-hybridized carbons (Fsp3) is 0.300. The van der Waals surface area contributed by atoms with Crippen molar-refractivity contribution in [3.05, 3.63) is 65.2 Å². The van der Waals surface area contributed by atoms with Gasteiger partial charge in [-0.3, -0.25) is 4.79 Å². The number of hydrogen-bond donors (Lipinski definition) is 2. The summed E-state index contributed by atoms with van der Waals surface area (Å²) in [5.74, 6) is 0.0958. The van der Waals surface area contributed by atoms with E-state index in [0.29, 0.717) is 19.4 Å². The lowest BCUT2D eigenvalue weighted by Gasteiger charge is -2.20. The lowest BCUT2D eigenvalue weighted by Crippen LogP contribution is -2.37. The van der Waals surface area contributed by atoms with Gasteiger partial charge in [-0.25, -0.2) is 4.79 Å². The van der Waals surface area contributed by atoms with Crippen molar-refractivity contribution in [2.45, 2.75) is 31.7 Å². The number of carbonyl (C=O) groups is 2. The maximum Gasteiger partial charge on any atom is 0.335 e. The molecule has 2 atom stereocenters. The molecule has 2 aromatic rings. The van der Waals surface area contributed by atoms with Crippen LogP contribution in [-0.4, -0.2) is 29.6 Å². The fourth-order valence-electron chi connectivity index (χ4n) is 3.10. The van der Waals surface area contributed by atoms with Gasteiger partial charge >= 0.3 is 5.97 Å². The number of hydrogen-bond acceptors (Lipinski definition) is 3. The van der Waals surface area contributed by atoms with E-state index in [1.807, 2.05) is 31.2 Å². The summed E-state index contributed by atoms with van der Waals surface area (Å²) in [6, 6.07) is 14.5. The zero-order valence-electron chi connectivity index (χ0n) is 14.1. The Labute approximate surface area is 146 Å². The lowest BCUT2D eigenvalue weighted by molar-refractivity contribution is -0.121. The van der Waals surface area contributed by atoms with E-state index < -0.39 is 5.97 Å². The van der Waals surface area contributed by atoms with E-state index in [4.69, 9.17) is 9.84 Å². The van der Waals surface area contributed by atoms with Crippen LogP contribution in [0.1, 0.15) is 40.7 Å². The Morgan fingerprint density at radius 3 is 2.64 bits per heavy atom. The van der Waals surface area contributed by atoms with Gasteiger partial charge in [-0.1, -0.05) is 30.3 Å². The summed E-state index contributed by atoms with van der Waals surface area (Å²) in [6.45, 7) is 2.58. The zero-order chi connectivity index (χ0) is 17.8. The summed E-state index contributed by atoms with van der Waals surface area (Å²) in [5.41, 5.74) is 2.34. The van der Waals surface area contributed by atoms with Gasteiger partial charge in [0.25, 0.3) is 0 Å². The summed E-state index contributed by atoms with van der Waals surface area (Å²) < 4.78 is 5.67. The molecule has 0 aromatic heterocycles. The van der Waals surface area contributed by atoms with E-state index in [9.17, 15) is 9.59 Å². The first-order valence-corrected chi connectivity index (χ1v) is 8.38. The van der Waals surface area contributed by atoms with E-state index in [1.54, 1.807) is 24.3 Å². The Morgan fingerprint density at radius 2 is 1.92 bits per heavy atom. The van der Waals surface area contributed by atoms with Crippen LogP contribution < -0.4 is 10.1 Å². The highest BCUT2D eigenvalue weighted by Crippen LogP contribution is 2.35. The number of fused-ring (bicyclic) bond motifs is 1. The van der Waals surface area contributed by atoms with E-state index in [2.05, 4.69) is 5.32 Å². The summed E-state index contributed by atoms with van der Waals surface area (Å²) in [6.07, 6.45) is 0.947. The molecule has 130 valence electrons. The third kappa shape index (κ3) is 3.99. The number of carboxylic acid groups (broad SMARTS) is 1. The first kappa shape index (κ1) is 17.0. The minimum atomic E-state index is -0.947. The Balaban J connectivity index is 1.52. The standard InChI is InChI=1S/C20H21NO4/c1-13(17-12-25-18-5-3-2-4-16(17)18)21-19(22)11-8-14-6-9-15(10-7-14)20(23)24/h2-7,9-10,13,17H,8,11-12H2,1H3,(H,21,22)(H,23,24)/t13-,17+/m1/s1. The van der Waals surface area contributed by atoms with Crippen molar-refractivity contribution in [1.82, 2.24) is 5.32 Å². The van der Waals surface area contributed by atoms with Crippen molar-refractivity contribution in [3.8, 4) is 5.75 Å². The van der Waals surface area contributed by atoms with Crippen LogP contribution in [0.15, 0.2) is 48.5 Å². The van der Waals surface area contributed by atoms with Crippen molar-refractivity contribution >= 4 is 11.9 Å². The topological polar surface area (TPSA) is 75.6 Å². The van der Waals surface area contributed by atoms with Crippen LogP contribution in [0.2, 0.25) is 0 Å². The van der Waals surface area contributed by atoms with Crippen molar-refractivity contribution < 1.29 is 19.4 Å². The molecule has 0 unspecified atom stereocenters. The first-order valence-electron chi connectivity index (χ1n) is 8.38. The van der Waals surface area contributed by atoms with Crippen LogP contribution in [0.4, 0.5) is 0 Å². The Bertz CT molecular complexity index is 770. The average molecular weight is 339 g/mol. The maximum absolute atomic E-state index is 12.2. The number of ether oxygens (including phenoxy) is 1. The van der Waals surface area contributed by atoms with Crippen LogP contribution in [0.5, 0.6) is 5.75 Å². The molecule has 0 saturated carbocycles. The maximum atomic E-state index is 12.2. The highest BCUT2D eigenvalue weighted by Gasteiger charge is 2.29. The number of nitrogens with one attached hydrogen (secondary N) is 1. The molecule has 1 amide bonds. The molecular weight excluding hydrogens is 318 g/mol. The third-order valence-electron chi connectivity index (χ3n) is 4.57. The first-order chi connectivity index (χ1) is 12.0. The largest absolute Gasteiger partial charge is 0.493 e. The van der Waals surface area contributed by atoms with Gasteiger partial charge < -0.3 is 15.2 Å². The van der Waals surface area contributed by atoms with Crippen LogP contribution in [0.25, 0.3) is 0 Å². The molecule has 5 heteroatoms. The molecular formula is C20H21NO4. The molecule has 5 nitrogen and oxygen atoms in total. The second kappa shape index (κ2) is 7.38. The van der Waals surface area contributed by atoms with E-state index in [-0.39, 0.29) is 23.4 Å². The van der Waals surface area contributed by atoms with Crippen molar-refractivity contribution in [2.75, 3.05) is 6.61 Å². The zero-order valence-corrected chi connectivity index (χ0v) is 14.1. The van der Waals surface area contributed by atoms with Crippen molar-refractivity contribution in [2.24, 2.45) is 0 Å². The molecule has 0 bridgehead atoms. The highest BCUT2D eigenvalue weighted by atomic mass is 16.5. The summed E-state index contributed by atoms with van der Waals surface area (Å²) >= 11 is 0. The molecule has 3 rings (SSSR count). The van der Waals surface area contributed by atoms with Crippen LogP contribution in [0, 0.1) is 0 Å². The molecule has 2 N–H and O–H groups in total. The normalized spacial score (nSPS) is 16.6. The SMILES string of the molecule is C[C@@H](NC(=O)CCc1ccc(C(=O)O)cc1)[C@@H]1COc2ccccc21. The number of aryl methyl sites for hydroxylation is 1. The average Bonchev–Trinajstić information content (AvgIpc) is 3.04. The molecule has 0 fully saturated rings. The summed E-state index contributed by atoms with van der Waals surface area (Å²) in [4.78, 5) is 23.1. The molecule has 0 spiro atoms. The molecule has 2 aromatic carbocycles. The van der Waals surface area contributed by atoms with Gasteiger partial charge in [-0.2, -0.15) is 0 Å². The van der Waals surface area contributed by atoms with E-state index in [1.165, 1.54) is 0 Å². The van der Waals surface area contributed by atoms with Gasteiger partial charge in [0.05, 0.1) is 12.2 Å². The number of amides is 1. The van der Waals surface area contributed by atoms with Gasteiger partial charge in [0.15, 0.2) is 0 Å². The van der Waals surface area contributed by atoms with Gasteiger partial charge in [0, 0.05) is 23.9 Å². The number of carbonyl (C=O) groups excluding carboxylic acids is 1. The number of rotatable bonds is 6. The molecule has 1 aliphatic rings. The number of carboxylic acids is 1. The van der Waals surface area contributed by atoms with E-state index in [0.717, 1.165) is 16.9 Å². The van der Waals surface area contributed by atoms with Crippen LogP contribution >= 0.6 is 0 Å². The van der Waals surface area contributed by atoms with Gasteiger partial charge in [-0.05, 0) is 37.1 Å². The summed E-state index contributed by atoms with van der Waals surface area (Å²) in [7, 11) is 0. The lowest BCUT2D eigenvalue weighted by atomic mass is 9.94. The minimum absolute atomic E-state index is 0.00876. The fourth-order valence-corrected chi connectivity index (χ4v) is 3.10. The van der Waals surface area contributed by atoms with Gasteiger partial charge in [-0.15, -0.1) is 0 Å².